The number of nitrogens with zero attached hydrogens (tertiary/aromatic N) is 4. The van der Waals surface area contributed by atoms with Crippen molar-refractivity contribution in [2.24, 2.45) is 5.92 Å². The fourth-order valence-corrected chi connectivity index (χ4v) is 5.09. The smallest absolute Gasteiger partial charge is 0.368 e. The van der Waals surface area contributed by atoms with E-state index in [0.29, 0.717) is 44.3 Å². The second-order valence-electron chi connectivity index (χ2n) is 9.32. The predicted octanol–water partition coefficient (Wildman–Crippen LogP) is 4.93. The van der Waals surface area contributed by atoms with Crippen molar-refractivity contribution in [3.05, 3.63) is 29.8 Å². The predicted molar refractivity (Wildman–Crippen MR) is 123 cm³/mol. The molecule has 1 aromatic rings. The third-order valence-corrected chi connectivity index (χ3v) is 7.21. The Morgan fingerprint density at radius 2 is 1.79 bits per heavy atom. The number of carbonyl (C=O) groups is 1. The zero-order valence-electron chi connectivity index (χ0n) is 19.5. The Morgan fingerprint density at radius 1 is 1.12 bits per heavy atom. The van der Waals surface area contributed by atoms with E-state index in [1.165, 1.54) is 6.07 Å². The van der Waals surface area contributed by atoms with Crippen molar-refractivity contribution in [2.75, 3.05) is 44.7 Å². The molecule has 1 heterocycles. The van der Waals surface area contributed by atoms with E-state index in [4.69, 9.17) is 5.26 Å². The topological polar surface area (TPSA) is 50.6 Å². The average molecular weight is 465 g/mol. The highest BCUT2D eigenvalue weighted by Crippen LogP contribution is 2.37. The molecule has 182 valence electrons. The van der Waals surface area contributed by atoms with Crippen LogP contribution in [0.15, 0.2) is 24.3 Å². The van der Waals surface area contributed by atoms with Crippen LogP contribution in [0.4, 0.5) is 18.9 Å². The Labute approximate surface area is 195 Å². The number of nitriles is 1. The van der Waals surface area contributed by atoms with Gasteiger partial charge in [0.05, 0.1) is 11.6 Å². The molecular weight excluding hydrogens is 429 g/mol. The fourth-order valence-electron chi connectivity index (χ4n) is 5.09. The van der Waals surface area contributed by atoms with E-state index in [1.54, 1.807) is 12.1 Å². The molecule has 0 unspecified atom stereocenters. The molecule has 0 bridgehead atoms. The lowest BCUT2D eigenvalue weighted by atomic mass is 9.83. The standard InChI is InChI=1S/C25H35F3N4O/c1-30(24(33)8-4-5-14-29)21-11-9-20(10-12-21)13-15-31-16-18-32(19-17-31)23-7-3-2-6-22(23)25(26,27)28/h2-3,6-7,20-21H,4-5,8-13,15-19H2,1H3. The van der Waals surface area contributed by atoms with Gasteiger partial charge in [0, 0.05) is 57.8 Å². The number of para-hydroxylation sites is 1. The van der Waals surface area contributed by atoms with Gasteiger partial charge in [0.2, 0.25) is 5.91 Å². The van der Waals surface area contributed by atoms with Gasteiger partial charge in [-0.2, -0.15) is 18.4 Å². The summed E-state index contributed by atoms with van der Waals surface area (Å²) in [6.45, 7) is 3.76. The van der Waals surface area contributed by atoms with Crippen molar-refractivity contribution < 1.29 is 18.0 Å². The number of hydrogen-bond donors (Lipinski definition) is 0. The van der Waals surface area contributed by atoms with Gasteiger partial charge < -0.3 is 9.80 Å². The molecule has 0 N–H and O–H groups in total. The number of piperazine rings is 1. The van der Waals surface area contributed by atoms with E-state index in [2.05, 4.69) is 11.0 Å². The summed E-state index contributed by atoms with van der Waals surface area (Å²) in [4.78, 5) is 18.4. The van der Waals surface area contributed by atoms with E-state index >= 15 is 0 Å². The molecule has 1 aromatic carbocycles. The zero-order chi connectivity index (χ0) is 23.8. The van der Waals surface area contributed by atoms with E-state index in [9.17, 15) is 18.0 Å². The molecule has 0 aromatic heterocycles. The summed E-state index contributed by atoms with van der Waals surface area (Å²) >= 11 is 0. The normalized spacial score (nSPS) is 22.1. The van der Waals surface area contributed by atoms with Crippen LogP contribution in [0.1, 0.15) is 56.9 Å². The maximum Gasteiger partial charge on any atom is 0.418 e. The Morgan fingerprint density at radius 3 is 2.42 bits per heavy atom. The number of carbonyl (C=O) groups excluding carboxylic acids is 1. The van der Waals surface area contributed by atoms with Gasteiger partial charge in [0.15, 0.2) is 0 Å². The third-order valence-electron chi connectivity index (χ3n) is 7.21. The molecule has 0 atom stereocenters. The van der Waals surface area contributed by atoms with Crippen LogP contribution in [0.25, 0.3) is 0 Å². The van der Waals surface area contributed by atoms with Crippen LogP contribution in [0.2, 0.25) is 0 Å². The average Bonchev–Trinajstić information content (AvgIpc) is 2.82. The van der Waals surface area contributed by atoms with Crippen LogP contribution in [-0.4, -0.2) is 61.5 Å². The van der Waals surface area contributed by atoms with Crippen LogP contribution in [0.5, 0.6) is 0 Å². The lowest BCUT2D eigenvalue weighted by molar-refractivity contribution is -0.137. The molecule has 3 rings (SSSR count). The van der Waals surface area contributed by atoms with Crippen molar-refractivity contribution in [3.63, 3.8) is 0 Å². The number of alkyl halides is 3. The first-order valence-corrected chi connectivity index (χ1v) is 12.1. The number of rotatable bonds is 8. The molecule has 2 aliphatic rings. The lowest BCUT2D eigenvalue weighted by Crippen LogP contribution is -2.47. The van der Waals surface area contributed by atoms with Crippen molar-refractivity contribution >= 4 is 11.6 Å². The molecule has 8 heteroatoms. The number of benzene rings is 1. The number of hydrogen-bond acceptors (Lipinski definition) is 4. The molecule has 0 spiro atoms. The number of halogens is 3. The van der Waals surface area contributed by atoms with Gasteiger partial charge in [0.25, 0.3) is 0 Å². The fraction of sp³-hybridized carbons (Fsp3) is 0.680. The molecule has 33 heavy (non-hydrogen) atoms. The van der Waals surface area contributed by atoms with Crippen LogP contribution in [-0.2, 0) is 11.0 Å². The maximum absolute atomic E-state index is 13.3. The molecule has 1 saturated carbocycles. The number of anilines is 1. The molecule has 1 aliphatic carbocycles. The SMILES string of the molecule is CN(C(=O)CCCC#N)C1CCC(CCN2CCN(c3ccccc3C(F)(F)F)CC2)CC1. The van der Waals surface area contributed by atoms with Gasteiger partial charge in [-0.15, -0.1) is 0 Å². The van der Waals surface area contributed by atoms with Gasteiger partial charge in [-0.05, 0) is 63.1 Å². The quantitative estimate of drug-likeness (QED) is 0.512. The van der Waals surface area contributed by atoms with Crippen molar-refractivity contribution in [1.82, 2.24) is 9.80 Å². The highest BCUT2D eigenvalue weighted by molar-refractivity contribution is 5.76. The Balaban J connectivity index is 1.38. The summed E-state index contributed by atoms with van der Waals surface area (Å²) in [5, 5.41) is 8.62. The minimum atomic E-state index is -4.33. The summed E-state index contributed by atoms with van der Waals surface area (Å²) in [7, 11) is 1.89. The van der Waals surface area contributed by atoms with Gasteiger partial charge in [-0.1, -0.05) is 12.1 Å². The van der Waals surface area contributed by atoms with Gasteiger partial charge >= 0.3 is 6.18 Å². The first-order valence-electron chi connectivity index (χ1n) is 12.1. The number of amides is 1. The zero-order valence-corrected chi connectivity index (χ0v) is 19.5. The first-order chi connectivity index (χ1) is 15.8. The van der Waals surface area contributed by atoms with E-state index in [-0.39, 0.29) is 11.6 Å². The number of unbranched alkanes of at least 4 members (excludes halogenated alkanes) is 1. The van der Waals surface area contributed by atoms with Gasteiger partial charge in [-0.25, -0.2) is 0 Å². The monoisotopic (exact) mass is 464 g/mol. The summed E-state index contributed by atoms with van der Waals surface area (Å²) in [6, 6.07) is 8.23. The molecule has 1 saturated heterocycles. The van der Waals surface area contributed by atoms with E-state index in [0.717, 1.165) is 57.8 Å². The molecule has 1 aliphatic heterocycles. The van der Waals surface area contributed by atoms with E-state index in [1.807, 2.05) is 16.8 Å². The molecular formula is C25H35F3N4O. The lowest BCUT2D eigenvalue weighted by Gasteiger charge is -2.38. The molecule has 5 nitrogen and oxygen atoms in total. The van der Waals surface area contributed by atoms with Crippen molar-refractivity contribution in [2.45, 2.75) is 63.6 Å². The summed E-state index contributed by atoms with van der Waals surface area (Å²) in [5.41, 5.74) is -0.266. The Bertz CT molecular complexity index is 807. The van der Waals surface area contributed by atoms with Gasteiger partial charge in [-0.3, -0.25) is 9.69 Å². The van der Waals surface area contributed by atoms with Crippen molar-refractivity contribution in [1.29, 1.82) is 5.26 Å². The van der Waals surface area contributed by atoms with Gasteiger partial charge in [0.1, 0.15) is 0 Å². The minimum Gasteiger partial charge on any atom is -0.368 e. The van der Waals surface area contributed by atoms with Crippen LogP contribution < -0.4 is 4.90 Å². The highest BCUT2D eigenvalue weighted by atomic mass is 19.4. The van der Waals surface area contributed by atoms with E-state index < -0.39 is 11.7 Å². The Hall–Kier alpha value is -2.27. The first kappa shape index (κ1) is 25.4. The van der Waals surface area contributed by atoms with Crippen LogP contribution in [0, 0.1) is 17.2 Å². The molecule has 1 amide bonds. The third kappa shape index (κ3) is 7.10. The largest absolute Gasteiger partial charge is 0.418 e. The Kier molecular flexibility index (Phi) is 9.02. The highest BCUT2D eigenvalue weighted by Gasteiger charge is 2.35. The second kappa shape index (κ2) is 11.7. The second-order valence-corrected chi connectivity index (χ2v) is 9.32. The molecule has 2 fully saturated rings. The van der Waals surface area contributed by atoms with Crippen LogP contribution in [0.3, 0.4) is 0 Å². The summed E-state index contributed by atoms with van der Waals surface area (Å²) < 4.78 is 40.0. The van der Waals surface area contributed by atoms with Crippen LogP contribution >= 0.6 is 0 Å². The maximum atomic E-state index is 13.3. The summed E-state index contributed by atoms with van der Waals surface area (Å²) in [6.07, 6.45) is 2.54. The minimum absolute atomic E-state index is 0.138. The van der Waals surface area contributed by atoms with Crippen molar-refractivity contribution in [3.8, 4) is 6.07 Å². The summed E-state index contributed by atoms with van der Waals surface area (Å²) in [5.74, 6) is 0.783. The molecule has 0 radical (unpaired) electrons.